The third-order valence-corrected chi connectivity index (χ3v) is 6.47. The molecule has 0 aliphatic heterocycles. The van der Waals surface area contributed by atoms with Crippen molar-refractivity contribution in [2.75, 3.05) is 5.32 Å². The molecule has 0 atom stereocenters. The van der Waals surface area contributed by atoms with E-state index in [1.165, 1.54) is 59.3 Å². The SMILES string of the molecule is Cc1cccc2sc3nc(-c4ccccc4)c(NC4CCCCC4)n3c12. The maximum absolute atomic E-state index is 5.05. The molecule has 1 aliphatic rings. The zero-order valence-electron chi connectivity index (χ0n) is 15.0. The van der Waals surface area contributed by atoms with Crippen LogP contribution in [0.4, 0.5) is 5.82 Å². The number of fused-ring (bicyclic) bond motifs is 3. The molecule has 0 radical (unpaired) electrons. The first-order chi connectivity index (χ1) is 12.8. The lowest BCUT2D eigenvalue weighted by molar-refractivity contribution is 0.462. The highest BCUT2D eigenvalue weighted by molar-refractivity contribution is 7.23. The summed E-state index contributed by atoms with van der Waals surface area (Å²) in [6, 6.07) is 17.7. The van der Waals surface area contributed by atoms with E-state index in [2.05, 4.69) is 65.2 Å². The summed E-state index contributed by atoms with van der Waals surface area (Å²) in [6.07, 6.45) is 6.52. The molecule has 4 heteroatoms. The van der Waals surface area contributed by atoms with Gasteiger partial charge in [-0.1, -0.05) is 73.1 Å². The van der Waals surface area contributed by atoms with Gasteiger partial charge in [-0.25, -0.2) is 4.98 Å². The van der Waals surface area contributed by atoms with Crippen molar-refractivity contribution in [1.82, 2.24) is 9.38 Å². The van der Waals surface area contributed by atoms with E-state index in [-0.39, 0.29) is 0 Å². The van der Waals surface area contributed by atoms with Crippen molar-refractivity contribution in [3.8, 4) is 11.3 Å². The van der Waals surface area contributed by atoms with Gasteiger partial charge in [-0.2, -0.15) is 0 Å². The van der Waals surface area contributed by atoms with Crippen molar-refractivity contribution in [2.24, 2.45) is 0 Å². The van der Waals surface area contributed by atoms with Gasteiger partial charge in [0.25, 0.3) is 0 Å². The quantitative estimate of drug-likeness (QED) is 0.466. The monoisotopic (exact) mass is 361 g/mol. The van der Waals surface area contributed by atoms with E-state index in [4.69, 9.17) is 4.98 Å². The number of benzene rings is 2. The number of nitrogens with zero attached hydrogens (tertiary/aromatic N) is 2. The summed E-state index contributed by atoms with van der Waals surface area (Å²) < 4.78 is 3.66. The molecular formula is C22H23N3S. The summed E-state index contributed by atoms with van der Waals surface area (Å²) in [4.78, 5) is 6.12. The van der Waals surface area contributed by atoms with Crippen LogP contribution in [-0.2, 0) is 0 Å². The zero-order valence-corrected chi connectivity index (χ0v) is 15.9. The van der Waals surface area contributed by atoms with Crippen LogP contribution in [0.3, 0.4) is 0 Å². The Morgan fingerprint density at radius 3 is 2.62 bits per heavy atom. The van der Waals surface area contributed by atoms with Crippen LogP contribution in [-0.4, -0.2) is 15.4 Å². The predicted octanol–water partition coefficient (Wildman–Crippen LogP) is 6.27. The molecule has 5 rings (SSSR count). The summed E-state index contributed by atoms with van der Waals surface area (Å²) in [6.45, 7) is 2.20. The molecule has 1 aliphatic carbocycles. The van der Waals surface area contributed by atoms with Crippen molar-refractivity contribution >= 4 is 32.3 Å². The van der Waals surface area contributed by atoms with Crippen LogP contribution in [0.15, 0.2) is 48.5 Å². The molecule has 1 fully saturated rings. The Kier molecular flexibility index (Phi) is 3.93. The number of aryl methyl sites for hydroxylation is 1. The highest BCUT2D eigenvalue weighted by atomic mass is 32.1. The Labute approximate surface area is 157 Å². The maximum Gasteiger partial charge on any atom is 0.197 e. The number of thiazole rings is 1. The smallest absolute Gasteiger partial charge is 0.197 e. The summed E-state index contributed by atoms with van der Waals surface area (Å²) in [5, 5.41) is 3.88. The Balaban J connectivity index is 1.74. The molecule has 4 aromatic rings. The van der Waals surface area contributed by atoms with Crippen molar-refractivity contribution in [3.05, 3.63) is 54.1 Å². The van der Waals surface area contributed by atoms with E-state index in [0.29, 0.717) is 6.04 Å². The molecular weight excluding hydrogens is 338 g/mol. The topological polar surface area (TPSA) is 29.3 Å². The van der Waals surface area contributed by atoms with Crippen LogP contribution in [0.5, 0.6) is 0 Å². The molecule has 26 heavy (non-hydrogen) atoms. The lowest BCUT2D eigenvalue weighted by Crippen LogP contribution is -2.23. The summed E-state index contributed by atoms with van der Waals surface area (Å²) in [5.41, 5.74) is 4.86. The van der Waals surface area contributed by atoms with Crippen molar-refractivity contribution in [3.63, 3.8) is 0 Å². The van der Waals surface area contributed by atoms with Gasteiger partial charge < -0.3 is 5.32 Å². The third-order valence-electron chi connectivity index (χ3n) is 5.47. The van der Waals surface area contributed by atoms with E-state index in [1.807, 2.05) is 0 Å². The van der Waals surface area contributed by atoms with Gasteiger partial charge >= 0.3 is 0 Å². The number of hydrogen-bond acceptors (Lipinski definition) is 3. The minimum Gasteiger partial charge on any atom is -0.367 e. The second kappa shape index (κ2) is 6.44. The standard InChI is InChI=1S/C22H23N3S/c1-15-9-8-14-18-20(15)25-21(23-17-12-6-3-7-13-17)19(24-22(25)26-18)16-10-4-2-5-11-16/h2,4-5,8-11,14,17,23H,3,6-7,12-13H2,1H3. The Bertz CT molecular complexity index is 1060. The van der Waals surface area contributed by atoms with E-state index in [0.717, 1.165) is 10.7 Å². The molecule has 1 saturated carbocycles. The van der Waals surface area contributed by atoms with Crippen LogP contribution in [0, 0.1) is 6.92 Å². The average Bonchev–Trinajstić information content (AvgIpc) is 3.21. The number of anilines is 1. The van der Waals surface area contributed by atoms with Crippen LogP contribution >= 0.6 is 11.3 Å². The highest BCUT2D eigenvalue weighted by Crippen LogP contribution is 2.38. The molecule has 0 bridgehead atoms. The van der Waals surface area contributed by atoms with E-state index >= 15 is 0 Å². The van der Waals surface area contributed by atoms with Gasteiger partial charge in [0, 0.05) is 11.6 Å². The second-order valence-corrected chi connectivity index (χ2v) is 8.31. The highest BCUT2D eigenvalue weighted by Gasteiger charge is 2.22. The fourth-order valence-corrected chi connectivity index (χ4v) is 5.25. The number of imidazole rings is 1. The van der Waals surface area contributed by atoms with Crippen LogP contribution in [0.25, 0.3) is 26.4 Å². The number of rotatable bonds is 3. The molecule has 2 aromatic carbocycles. The van der Waals surface area contributed by atoms with Gasteiger partial charge in [0.15, 0.2) is 4.96 Å². The first kappa shape index (κ1) is 15.9. The lowest BCUT2D eigenvalue weighted by Gasteiger charge is -2.24. The normalized spacial score (nSPS) is 15.7. The third kappa shape index (κ3) is 2.60. The summed E-state index contributed by atoms with van der Waals surface area (Å²) in [5.74, 6) is 1.17. The maximum atomic E-state index is 5.05. The first-order valence-electron chi connectivity index (χ1n) is 9.54. The van der Waals surface area contributed by atoms with Crippen molar-refractivity contribution in [1.29, 1.82) is 0 Å². The molecule has 2 heterocycles. The van der Waals surface area contributed by atoms with Crippen LogP contribution in [0.2, 0.25) is 0 Å². The number of hydrogen-bond donors (Lipinski definition) is 1. The Morgan fingerprint density at radius 1 is 1.00 bits per heavy atom. The van der Waals surface area contributed by atoms with Gasteiger partial charge in [-0.3, -0.25) is 4.40 Å². The molecule has 2 aromatic heterocycles. The molecule has 0 amide bonds. The van der Waals surface area contributed by atoms with E-state index in [1.54, 1.807) is 11.3 Å². The van der Waals surface area contributed by atoms with E-state index in [9.17, 15) is 0 Å². The van der Waals surface area contributed by atoms with Gasteiger partial charge in [0.05, 0.1) is 10.2 Å². The molecule has 3 nitrogen and oxygen atoms in total. The van der Waals surface area contributed by atoms with Gasteiger partial charge in [-0.05, 0) is 31.4 Å². The number of para-hydroxylation sites is 1. The predicted molar refractivity (Wildman–Crippen MR) is 111 cm³/mol. The second-order valence-electron chi connectivity index (χ2n) is 7.30. The van der Waals surface area contributed by atoms with E-state index < -0.39 is 0 Å². The van der Waals surface area contributed by atoms with Gasteiger partial charge in [-0.15, -0.1) is 0 Å². The van der Waals surface area contributed by atoms with Crippen LogP contribution in [0.1, 0.15) is 37.7 Å². The zero-order chi connectivity index (χ0) is 17.5. The molecule has 0 saturated heterocycles. The number of aromatic nitrogens is 2. The van der Waals surface area contributed by atoms with Crippen molar-refractivity contribution in [2.45, 2.75) is 45.1 Å². The van der Waals surface area contributed by atoms with Gasteiger partial charge in [0.2, 0.25) is 0 Å². The van der Waals surface area contributed by atoms with Crippen molar-refractivity contribution < 1.29 is 0 Å². The van der Waals surface area contributed by atoms with Gasteiger partial charge in [0.1, 0.15) is 11.5 Å². The average molecular weight is 362 g/mol. The van der Waals surface area contributed by atoms with Crippen LogP contribution < -0.4 is 5.32 Å². The fraction of sp³-hybridized carbons (Fsp3) is 0.318. The number of nitrogens with one attached hydrogen (secondary N) is 1. The molecule has 0 spiro atoms. The summed E-state index contributed by atoms with van der Waals surface area (Å²) in [7, 11) is 0. The molecule has 0 unspecified atom stereocenters. The largest absolute Gasteiger partial charge is 0.367 e. The minimum absolute atomic E-state index is 0.546. The Morgan fingerprint density at radius 2 is 1.81 bits per heavy atom. The summed E-state index contributed by atoms with van der Waals surface area (Å²) >= 11 is 1.78. The molecule has 132 valence electrons. The first-order valence-corrected chi connectivity index (χ1v) is 10.4. The fourth-order valence-electron chi connectivity index (χ4n) is 4.15. The Hall–Kier alpha value is -2.33. The molecule has 1 N–H and O–H groups in total. The minimum atomic E-state index is 0.546. The lowest BCUT2D eigenvalue weighted by atomic mass is 9.95.